The summed E-state index contributed by atoms with van der Waals surface area (Å²) in [5.74, 6) is 1.50. The largest absolute Gasteiger partial charge is 0.496 e. The van der Waals surface area contributed by atoms with Gasteiger partial charge in [0.1, 0.15) is 5.75 Å². The summed E-state index contributed by atoms with van der Waals surface area (Å²) in [6, 6.07) is 13.3. The first-order valence-electron chi connectivity index (χ1n) is 9.24. The number of methoxy groups -OCH3 is 1. The van der Waals surface area contributed by atoms with Gasteiger partial charge in [0.2, 0.25) is 0 Å². The average molecular weight is 395 g/mol. The molecular weight excluding hydrogens is 372 g/mol. The standard InChI is InChI=1S/C21H22N4O2S/c1-27-18-13-14(28-2)9-10-15(18)21(26)24-19-20(25-11-5-6-12-25)23-17-8-4-3-7-16(17)22-19/h3-4,7-10,13H,5-6,11-12H2,1-2H3,(H,22,24,26). The number of carbonyl (C=O) groups is 1. The Morgan fingerprint density at radius 3 is 2.50 bits per heavy atom. The zero-order valence-electron chi connectivity index (χ0n) is 15.9. The zero-order chi connectivity index (χ0) is 19.5. The van der Waals surface area contributed by atoms with Gasteiger partial charge in [-0.3, -0.25) is 4.79 Å². The van der Waals surface area contributed by atoms with E-state index in [2.05, 4.69) is 10.2 Å². The summed E-state index contributed by atoms with van der Waals surface area (Å²) in [4.78, 5) is 25.7. The second-order valence-electron chi connectivity index (χ2n) is 6.60. The summed E-state index contributed by atoms with van der Waals surface area (Å²) in [6.45, 7) is 1.84. The maximum atomic E-state index is 13.0. The molecule has 0 atom stereocenters. The molecule has 6 nitrogen and oxygen atoms in total. The van der Waals surface area contributed by atoms with Crippen LogP contribution in [0.3, 0.4) is 0 Å². The summed E-state index contributed by atoms with van der Waals surface area (Å²) >= 11 is 1.60. The number of rotatable bonds is 5. The van der Waals surface area contributed by atoms with Crippen molar-refractivity contribution < 1.29 is 9.53 Å². The fraction of sp³-hybridized carbons (Fsp3) is 0.286. The third-order valence-electron chi connectivity index (χ3n) is 4.84. The number of anilines is 2. The number of nitrogens with one attached hydrogen (secondary N) is 1. The maximum Gasteiger partial charge on any atom is 0.260 e. The van der Waals surface area contributed by atoms with E-state index in [0.717, 1.165) is 47.7 Å². The highest BCUT2D eigenvalue weighted by Gasteiger charge is 2.22. The number of carbonyl (C=O) groups excluding carboxylic acids is 1. The van der Waals surface area contributed by atoms with Gasteiger partial charge in [-0.05, 0) is 49.4 Å². The third kappa shape index (κ3) is 3.62. The molecule has 2 heterocycles. The third-order valence-corrected chi connectivity index (χ3v) is 5.57. The molecule has 1 aliphatic heterocycles. The Labute approximate surface area is 168 Å². The molecule has 0 spiro atoms. The molecule has 0 bridgehead atoms. The van der Waals surface area contributed by atoms with E-state index in [1.807, 2.05) is 42.7 Å². The van der Waals surface area contributed by atoms with Crippen LogP contribution in [0.5, 0.6) is 5.75 Å². The number of hydrogen-bond donors (Lipinski definition) is 1. The van der Waals surface area contributed by atoms with Gasteiger partial charge in [-0.2, -0.15) is 0 Å². The number of benzene rings is 2. The Bertz CT molecular complexity index is 1020. The lowest BCUT2D eigenvalue weighted by molar-refractivity contribution is 0.102. The number of aromatic nitrogens is 2. The number of thioether (sulfide) groups is 1. The maximum absolute atomic E-state index is 13.0. The highest BCUT2D eigenvalue weighted by molar-refractivity contribution is 7.98. The lowest BCUT2D eigenvalue weighted by Crippen LogP contribution is -2.23. The summed E-state index contributed by atoms with van der Waals surface area (Å²) in [6.07, 6.45) is 4.22. The molecule has 0 saturated carbocycles. The topological polar surface area (TPSA) is 67.3 Å². The van der Waals surface area contributed by atoms with Gasteiger partial charge in [0, 0.05) is 18.0 Å². The van der Waals surface area contributed by atoms with Gasteiger partial charge >= 0.3 is 0 Å². The van der Waals surface area contributed by atoms with E-state index in [0.29, 0.717) is 17.1 Å². The van der Waals surface area contributed by atoms with Crippen LogP contribution in [0.1, 0.15) is 23.2 Å². The Hall–Kier alpha value is -2.80. The molecule has 4 rings (SSSR count). The van der Waals surface area contributed by atoms with E-state index in [1.165, 1.54) is 0 Å². The fourth-order valence-corrected chi connectivity index (χ4v) is 3.81. The SMILES string of the molecule is COc1cc(SC)ccc1C(=O)Nc1nc2ccccc2nc1N1CCCC1. The summed E-state index contributed by atoms with van der Waals surface area (Å²) in [5, 5.41) is 2.97. The summed E-state index contributed by atoms with van der Waals surface area (Å²) < 4.78 is 5.43. The van der Waals surface area contributed by atoms with Gasteiger partial charge in [-0.1, -0.05) is 12.1 Å². The van der Waals surface area contributed by atoms with Crippen LogP contribution in [0.2, 0.25) is 0 Å². The number of amides is 1. The minimum Gasteiger partial charge on any atom is -0.496 e. The Balaban J connectivity index is 1.72. The molecule has 144 valence electrons. The summed E-state index contributed by atoms with van der Waals surface area (Å²) in [5.41, 5.74) is 2.05. The highest BCUT2D eigenvalue weighted by atomic mass is 32.2. The van der Waals surface area contributed by atoms with E-state index >= 15 is 0 Å². The average Bonchev–Trinajstić information content (AvgIpc) is 3.27. The Kier molecular flexibility index (Phi) is 5.34. The van der Waals surface area contributed by atoms with Crippen LogP contribution in [0.15, 0.2) is 47.4 Å². The fourth-order valence-electron chi connectivity index (χ4n) is 3.38. The van der Waals surface area contributed by atoms with E-state index < -0.39 is 0 Å². The van der Waals surface area contributed by atoms with Crippen molar-refractivity contribution in [2.75, 3.05) is 36.7 Å². The van der Waals surface area contributed by atoms with Crippen molar-refractivity contribution >= 4 is 40.3 Å². The number of fused-ring (bicyclic) bond motifs is 1. The number of para-hydroxylation sites is 2. The predicted octanol–water partition coefficient (Wildman–Crippen LogP) is 4.21. The molecule has 7 heteroatoms. The number of hydrogen-bond acceptors (Lipinski definition) is 6. The normalized spacial score (nSPS) is 13.7. The molecule has 2 aromatic carbocycles. The van der Waals surface area contributed by atoms with E-state index in [1.54, 1.807) is 24.9 Å². The van der Waals surface area contributed by atoms with Crippen molar-refractivity contribution in [1.29, 1.82) is 0 Å². The molecule has 1 aromatic heterocycles. The van der Waals surface area contributed by atoms with Crippen LogP contribution in [0, 0.1) is 0 Å². The van der Waals surface area contributed by atoms with Gasteiger partial charge in [0.15, 0.2) is 11.6 Å². The van der Waals surface area contributed by atoms with Gasteiger partial charge in [0.05, 0.1) is 23.7 Å². The van der Waals surface area contributed by atoms with Crippen molar-refractivity contribution in [2.45, 2.75) is 17.7 Å². The molecule has 1 aliphatic rings. The summed E-state index contributed by atoms with van der Waals surface area (Å²) in [7, 11) is 1.57. The lowest BCUT2D eigenvalue weighted by Gasteiger charge is -2.20. The van der Waals surface area contributed by atoms with Crippen molar-refractivity contribution in [2.24, 2.45) is 0 Å². The van der Waals surface area contributed by atoms with Gasteiger partial charge in [0.25, 0.3) is 5.91 Å². The van der Waals surface area contributed by atoms with Crippen molar-refractivity contribution in [3.05, 3.63) is 48.0 Å². The van der Waals surface area contributed by atoms with E-state index in [4.69, 9.17) is 14.7 Å². The van der Waals surface area contributed by atoms with Crippen molar-refractivity contribution in [1.82, 2.24) is 9.97 Å². The molecule has 1 N–H and O–H groups in total. The molecule has 0 aliphatic carbocycles. The van der Waals surface area contributed by atoms with Crippen LogP contribution in [-0.4, -0.2) is 42.3 Å². The number of nitrogens with zero attached hydrogens (tertiary/aromatic N) is 3. The van der Waals surface area contributed by atoms with Gasteiger partial charge in [-0.25, -0.2) is 9.97 Å². The molecular formula is C21H22N4O2S. The lowest BCUT2D eigenvalue weighted by atomic mass is 10.2. The van der Waals surface area contributed by atoms with E-state index in [-0.39, 0.29) is 5.91 Å². The molecule has 0 radical (unpaired) electrons. The second kappa shape index (κ2) is 8.06. The molecule has 28 heavy (non-hydrogen) atoms. The predicted molar refractivity (Wildman–Crippen MR) is 114 cm³/mol. The van der Waals surface area contributed by atoms with Gasteiger partial charge < -0.3 is 15.0 Å². The monoisotopic (exact) mass is 394 g/mol. The van der Waals surface area contributed by atoms with Crippen LogP contribution in [0.4, 0.5) is 11.6 Å². The van der Waals surface area contributed by atoms with Crippen molar-refractivity contribution in [3.8, 4) is 5.75 Å². The minimum absolute atomic E-state index is 0.255. The Morgan fingerprint density at radius 2 is 1.82 bits per heavy atom. The second-order valence-corrected chi connectivity index (χ2v) is 7.48. The first kappa shape index (κ1) is 18.6. The molecule has 1 saturated heterocycles. The van der Waals surface area contributed by atoms with Crippen LogP contribution >= 0.6 is 11.8 Å². The first-order chi connectivity index (χ1) is 13.7. The van der Waals surface area contributed by atoms with Crippen LogP contribution < -0.4 is 15.0 Å². The van der Waals surface area contributed by atoms with Crippen LogP contribution in [-0.2, 0) is 0 Å². The van der Waals surface area contributed by atoms with Crippen LogP contribution in [0.25, 0.3) is 11.0 Å². The molecule has 3 aromatic rings. The quantitative estimate of drug-likeness (QED) is 0.654. The highest BCUT2D eigenvalue weighted by Crippen LogP contribution is 2.30. The van der Waals surface area contributed by atoms with E-state index in [9.17, 15) is 4.79 Å². The molecule has 0 unspecified atom stereocenters. The smallest absolute Gasteiger partial charge is 0.260 e. The Morgan fingerprint density at radius 1 is 1.11 bits per heavy atom. The molecule has 1 fully saturated rings. The van der Waals surface area contributed by atoms with Crippen molar-refractivity contribution in [3.63, 3.8) is 0 Å². The first-order valence-corrected chi connectivity index (χ1v) is 10.5. The van der Waals surface area contributed by atoms with Gasteiger partial charge in [-0.15, -0.1) is 11.8 Å². The zero-order valence-corrected chi connectivity index (χ0v) is 16.8. The minimum atomic E-state index is -0.255. The number of ether oxygens (including phenoxy) is 1. The molecule has 1 amide bonds.